The van der Waals surface area contributed by atoms with Crippen LogP contribution in [-0.2, 0) is 14.6 Å². The van der Waals surface area contributed by atoms with Crippen LogP contribution in [-0.4, -0.2) is 20.1 Å². The molecule has 1 N–H and O–H groups in total. The van der Waals surface area contributed by atoms with Crippen LogP contribution in [0.4, 0.5) is 10.1 Å². The largest absolute Gasteiger partial charge is 0.323 e. The van der Waals surface area contributed by atoms with Crippen molar-refractivity contribution in [2.45, 2.75) is 11.8 Å². The lowest BCUT2D eigenvalue weighted by Gasteiger charge is -2.07. The van der Waals surface area contributed by atoms with Crippen molar-refractivity contribution in [1.82, 2.24) is 0 Å². The first-order valence-electron chi connectivity index (χ1n) is 6.22. The average Bonchev–Trinajstić information content (AvgIpc) is 2.41. The Morgan fingerprint density at radius 3 is 2.33 bits per heavy atom. The highest BCUT2D eigenvalue weighted by atomic mass is 32.2. The van der Waals surface area contributed by atoms with Crippen molar-refractivity contribution in [2.24, 2.45) is 0 Å². The Morgan fingerprint density at radius 2 is 1.71 bits per heavy atom. The van der Waals surface area contributed by atoms with Gasteiger partial charge in [0.2, 0.25) is 5.91 Å². The number of hydrogen-bond acceptors (Lipinski definition) is 3. The van der Waals surface area contributed by atoms with Gasteiger partial charge in [0.05, 0.1) is 10.6 Å². The topological polar surface area (TPSA) is 63.2 Å². The Balaban J connectivity index is 2.12. The van der Waals surface area contributed by atoms with E-state index in [0.717, 1.165) is 5.56 Å². The normalized spacial score (nSPS) is 11.1. The lowest BCUT2D eigenvalue weighted by Crippen LogP contribution is -2.23. The summed E-state index contributed by atoms with van der Waals surface area (Å²) in [5.41, 5.74) is 0.881. The van der Waals surface area contributed by atoms with Gasteiger partial charge >= 0.3 is 0 Å². The summed E-state index contributed by atoms with van der Waals surface area (Å²) < 4.78 is 37.5. The van der Waals surface area contributed by atoms with Gasteiger partial charge in [0.25, 0.3) is 0 Å². The minimum atomic E-state index is -3.74. The van der Waals surface area contributed by atoms with E-state index < -0.39 is 27.3 Å². The third-order valence-corrected chi connectivity index (χ3v) is 4.48. The van der Waals surface area contributed by atoms with Crippen LogP contribution in [0.1, 0.15) is 5.56 Å². The Bertz CT molecular complexity index is 755. The van der Waals surface area contributed by atoms with E-state index in [4.69, 9.17) is 0 Å². The number of amides is 1. The molecule has 0 atom stereocenters. The van der Waals surface area contributed by atoms with E-state index in [-0.39, 0.29) is 10.6 Å². The number of nitrogens with one attached hydrogen (secondary N) is 1. The molecule has 0 saturated heterocycles. The zero-order chi connectivity index (χ0) is 15.5. The zero-order valence-corrected chi connectivity index (χ0v) is 12.2. The molecule has 0 saturated carbocycles. The first kappa shape index (κ1) is 15.2. The lowest BCUT2D eigenvalue weighted by atomic mass is 10.2. The highest BCUT2D eigenvalue weighted by molar-refractivity contribution is 7.92. The number of halogens is 1. The van der Waals surface area contributed by atoms with Crippen molar-refractivity contribution in [1.29, 1.82) is 0 Å². The number of para-hydroxylation sites is 1. The van der Waals surface area contributed by atoms with Gasteiger partial charge in [-0.2, -0.15) is 0 Å². The minimum absolute atomic E-state index is 0.0402. The Kier molecular flexibility index (Phi) is 4.37. The van der Waals surface area contributed by atoms with E-state index >= 15 is 0 Å². The van der Waals surface area contributed by atoms with Gasteiger partial charge in [-0.3, -0.25) is 4.79 Å². The fourth-order valence-corrected chi connectivity index (χ4v) is 2.89. The average molecular weight is 307 g/mol. The summed E-state index contributed by atoms with van der Waals surface area (Å²) in [4.78, 5) is 11.8. The van der Waals surface area contributed by atoms with Gasteiger partial charge in [0.15, 0.2) is 9.84 Å². The molecule has 0 unspecified atom stereocenters. The molecular formula is C15H14FNO3S. The highest BCUT2D eigenvalue weighted by Gasteiger charge is 2.19. The quantitative estimate of drug-likeness (QED) is 0.944. The smallest absolute Gasteiger partial charge is 0.240 e. The molecule has 0 aliphatic rings. The molecule has 1 amide bonds. The summed E-state index contributed by atoms with van der Waals surface area (Å²) in [5.74, 6) is -2.12. The maximum atomic E-state index is 13.4. The second-order valence-electron chi connectivity index (χ2n) is 4.60. The number of sulfone groups is 1. The molecule has 0 radical (unpaired) electrons. The molecule has 21 heavy (non-hydrogen) atoms. The van der Waals surface area contributed by atoms with Gasteiger partial charge in [-0.1, -0.05) is 29.8 Å². The molecule has 6 heteroatoms. The van der Waals surface area contributed by atoms with Gasteiger partial charge in [-0.25, -0.2) is 12.8 Å². The number of carbonyl (C=O) groups excluding carboxylic acids is 1. The fourth-order valence-electron chi connectivity index (χ4n) is 1.75. The number of rotatable bonds is 4. The van der Waals surface area contributed by atoms with Gasteiger partial charge in [0.1, 0.15) is 11.6 Å². The number of carbonyl (C=O) groups is 1. The number of benzene rings is 2. The van der Waals surface area contributed by atoms with Crippen molar-refractivity contribution < 1.29 is 17.6 Å². The number of anilines is 1. The summed E-state index contributed by atoms with van der Waals surface area (Å²) in [7, 11) is -3.74. The van der Waals surface area contributed by atoms with Crippen LogP contribution in [0, 0.1) is 12.7 Å². The molecule has 2 rings (SSSR count). The zero-order valence-electron chi connectivity index (χ0n) is 11.3. The van der Waals surface area contributed by atoms with Crippen molar-refractivity contribution >= 4 is 21.4 Å². The fraction of sp³-hybridized carbons (Fsp3) is 0.133. The summed E-state index contributed by atoms with van der Waals surface area (Å²) in [6.07, 6.45) is 0. The second kappa shape index (κ2) is 6.05. The maximum Gasteiger partial charge on any atom is 0.240 e. The Morgan fingerprint density at radius 1 is 1.10 bits per heavy atom. The van der Waals surface area contributed by atoms with Crippen LogP contribution in [0.3, 0.4) is 0 Å². The van der Waals surface area contributed by atoms with Gasteiger partial charge in [-0.05, 0) is 31.2 Å². The molecule has 0 heterocycles. The van der Waals surface area contributed by atoms with E-state index in [1.165, 1.54) is 30.3 Å². The maximum absolute atomic E-state index is 13.4. The highest BCUT2D eigenvalue weighted by Crippen LogP contribution is 2.15. The van der Waals surface area contributed by atoms with Gasteiger partial charge in [0, 0.05) is 0 Å². The predicted octanol–water partition coefficient (Wildman–Crippen LogP) is 2.55. The molecule has 0 aliphatic heterocycles. The number of hydrogen-bond donors (Lipinski definition) is 1. The second-order valence-corrected chi connectivity index (χ2v) is 6.59. The number of aryl methyl sites for hydroxylation is 1. The summed E-state index contributed by atoms with van der Waals surface area (Å²) >= 11 is 0. The molecule has 0 bridgehead atoms. The molecular weight excluding hydrogens is 293 g/mol. The van der Waals surface area contributed by atoms with E-state index in [1.54, 1.807) is 18.2 Å². The van der Waals surface area contributed by atoms with Crippen LogP contribution in [0.25, 0.3) is 0 Å². The summed E-state index contributed by atoms with van der Waals surface area (Å²) in [6.45, 7) is 1.83. The molecule has 2 aromatic carbocycles. The van der Waals surface area contributed by atoms with Crippen molar-refractivity contribution in [3.8, 4) is 0 Å². The Labute approximate surface area is 122 Å². The van der Waals surface area contributed by atoms with E-state index in [9.17, 15) is 17.6 Å². The third kappa shape index (κ3) is 3.88. The molecule has 4 nitrogen and oxygen atoms in total. The van der Waals surface area contributed by atoms with E-state index in [2.05, 4.69) is 5.32 Å². The van der Waals surface area contributed by atoms with Gasteiger partial charge < -0.3 is 5.32 Å². The SMILES string of the molecule is Cc1ccc(S(=O)(=O)CC(=O)Nc2ccccc2F)cc1. The minimum Gasteiger partial charge on any atom is -0.323 e. The molecule has 2 aromatic rings. The molecule has 0 spiro atoms. The molecule has 0 aliphatic carbocycles. The van der Waals surface area contributed by atoms with Crippen LogP contribution < -0.4 is 5.32 Å². The van der Waals surface area contributed by atoms with Crippen LogP contribution in [0.2, 0.25) is 0 Å². The van der Waals surface area contributed by atoms with Crippen molar-refractivity contribution in [3.05, 3.63) is 59.9 Å². The van der Waals surface area contributed by atoms with Crippen LogP contribution in [0.15, 0.2) is 53.4 Å². The molecule has 110 valence electrons. The van der Waals surface area contributed by atoms with Crippen molar-refractivity contribution in [3.63, 3.8) is 0 Å². The molecule has 0 aromatic heterocycles. The van der Waals surface area contributed by atoms with Crippen LogP contribution >= 0.6 is 0 Å². The van der Waals surface area contributed by atoms with E-state index in [0.29, 0.717) is 0 Å². The Hall–Kier alpha value is -2.21. The first-order chi connectivity index (χ1) is 9.88. The first-order valence-corrected chi connectivity index (χ1v) is 7.87. The van der Waals surface area contributed by atoms with Crippen molar-refractivity contribution in [2.75, 3.05) is 11.1 Å². The summed E-state index contributed by atoms with van der Waals surface area (Å²) in [6, 6.07) is 11.8. The summed E-state index contributed by atoms with van der Waals surface area (Å²) in [5, 5.41) is 2.25. The standard InChI is InChI=1S/C15H14FNO3S/c1-11-6-8-12(9-7-11)21(19,20)10-15(18)17-14-5-3-2-4-13(14)16/h2-9H,10H2,1H3,(H,17,18). The molecule has 0 fully saturated rings. The predicted molar refractivity (Wildman–Crippen MR) is 78.3 cm³/mol. The lowest BCUT2D eigenvalue weighted by molar-refractivity contribution is -0.113. The monoisotopic (exact) mass is 307 g/mol. The van der Waals surface area contributed by atoms with E-state index in [1.807, 2.05) is 6.92 Å². The van der Waals surface area contributed by atoms with Crippen LogP contribution in [0.5, 0.6) is 0 Å². The van der Waals surface area contributed by atoms with Gasteiger partial charge in [-0.15, -0.1) is 0 Å². The third-order valence-electron chi connectivity index (χ3n) is 2.85.